The number of aliphatic carboxylic acids is 1. The van der Waals surface area contributed by atoms with Gasteiger partial charge >= 0.3 is 5.97 Å². The van der Waals surface area contributed by atoms with E-state index >= 15 is 0 Å². The molecule has 0 fully saturated rings. The van der Waals surface area contributed by atoms with Crippen LogP contribution in [0.25, 0.3) is 11.1 Å². The van der Waals surface area contributed by atoms with Gasteiger partial charge in [0.2, 0.25) is 0 Å². The molecule has 0 radical (unpaired) electrons. The maximum atomic E-state index is 13.3. The van der Waals surface area contributed by atoms with Crippen molar-refractivity contribution >= 4 is 23.5 Å². The van der Waals surface area contributed by atoms with Gasteiger partial charge in [0.1, 0.15) is 0 Å². The fourth-order valence-corrected chi connectivity index (χ4v) is 5.17. The summed E-state index contributed by atoms with van der Waals surface area (Å²) in [6.07, 6.45) is -1.15. The zero-order chi connectivity index (χ0) is 26.4. The van der Waals surface area contributed by atoms with Gasteiger partial charge < -0.3 is 14.7 Å². The number of aryl methyl sites for hydroxylation is 1. The Kier molecular flexibility index (Phi) is 7.00. The normalized spacial score (nSPS) is 14.0. The summed E-state index contributed by atoms with van der Waals surface area (Å²) < 4.78 is 6.13. The van der Waals surface area contributed by atoms with Crippen LogP contribution in [0.15, 0.2) is 48.5 Å². The Bertz CT molecular complexity index is 1340. The van der Waals surface area contributed by atoms with Gasteiger partial charge in [0, 0.05) is 29.2 Å². The minimum atomic E-state index is -1.15. The van der Waals surface area contributed by atoms with Gasteiger partial charge in [-0.1, -0.05) is 47.5 Å². The van der Waals surface area contributed by atoms with Gasteiger partial charge in [0.25, 0.3) is 5.91 Å². The van der Waals surface area contributed by atoms with Gasteiger partial charge in [-0.05, 0) is 93.1 Å². The molecule has 0 aliphatic carbocycles. The summed E-state index contributed by atoms with van der Waals surface area (Å²) in [7, 11) is 0. The lowest BCUT2D eigenvalue weighted by Gasteiger charge is -2.29. The largest absolute Gasteiger partial charge is 0.479 e. The molecule has 0 aromatic heterocycles. The van der Waals surface area contributed by atoms with Crippen molar-refractivity contribution in [2.24, 2.45) is 0 Å². The minimum absolute atomic E-state index is 0.105. The van der Waals surface area contributed by atoms with Gasteiger partial charge in [-0.15, -0.1) is 0 Å². The number of amides is 1. The van der Waals surface area contributed by atoms with Crippen LogP contribution in [0.3, 0.4) is 0 Å². The second-order valence-electron chi connectivity index (χ2n) is 10.5. The van der Waals surface area contributed by atoms with Crippen LogP contribution in [-0.4, -0.2) is 27.5 Å². The molecule has 36 heavy (non-hydrogen) atoms. The highest BCUT2D eigenvalue weighted by atomic mass is 35.5. The van der Waals surface area contributed by atoms with Crippen LogP contribution in [0.2, 0.25) is 5.02 Å². The van der Waals surface area contributed by atoms with E-state index in [9.17, 15) is 14.7 Å². The highest BCUT2D eigenvalue weighted by Gasteiger charge is 2.36. The first-order chi connectivity index (χ1) is 16.9. The van der Waals surface area contributed by atoms with Crippen molar-refractivity contribution < 1.29 is 19.4 Å². The number of ether oxygens (including phenoxy) is 1. The van der Waals surface area contributed by atoms with Crippen LogP contribution >= 0.6 is 11.6 Å². The molecule has 1 atom stereocenters. The topological polar surface area (TPSA) is 66.8 Å². The number of fused-ring (bicyclic) bond motifs is 1. The van der Waals surface area contributed by atoms with E-state index in [-0.39, 0.29) is 5.91 Å². The van der Waals surface area contributed by atoms with Crippen LogP contribution in [0.1, 0.15) is 70.6 Å². The third-order valence-corrected chi connectivity index (χ3v) is 6.91. The summed E-state index contributed by atoms with van der Waals surface area (Å²) in [5.41, 5.74) is 7.29. The Labute approximate surface area is 217 Å². The molecule has 1 aliphatic heterocycles. The first kappa shape index (κ1) is 25.9. The number of hydrogen-bond acceptors (Lipinski definition) is 3. The number of nitrogens with zero attached hydrogens (tertiary/aromatic N) is 1. The molecule has 0 unspecified atom stereocenters. The molecule has 1 heterocycles. The van der Waals surface area contributed by atoms with Gasteiger partial charge in [-0.25, -0.2) is 4.79 Å². The van der Waals surface area contributed by atoms with E-state index in [0.29, 0.717) is 29.2 Å². The SMILES string of the molecule is Cc1ccc(-c2c(C)c3c(c(C)c2[C@H](OC(C)(C)C)C(=O)O)CN(C(=O)c2cccc(Cl)c2)C3)cc1. The second-order valence-corrected chi connectivity index (χ2v) is 10.9. The first-order valence-electron chi connectivity index (χ1n) is 12.0. The highest BCUT2D eigenvalue weighted by molar-refractivity contribution is 6.31. The van der Waals surface area contributed by atoms with E-state index in [0.717, 1.165) is 38.9 Å². The number of carboxylic acid groups (broad SMARTS) is 1. The van der Waals surface area contributed by atoms with Crippen molar-refractivity contribution in [3.63, 3.8) is 0 Å². The van der Waals surface area contributed by atoms with Crippen LogP contribution in [0, 0.1) is 20.8 Å². The lowest BCUT2D eigenvalue weighted by Crippen LogP contribution is -2.28. The molecule has 0 bridgehead atoms. The minimum Gasteiger partial charge on any atom is -0.479 e. The summed E-state index contributed by atoms with van der Waals surface area (Å²) in [6, 6.07) is 15.0. The highest BCUT2D eigenvalue weighted by Crippen LogP contribution is 2.44. The third-order valence-electron chi connectivity index (χ3n) is 6.67. The van der Waals surface area contributed by atoms with Crippen LogP contribution < -0.4 is 0 Å². The third kappa shape index (κ3) is 5.04. The van der Waals surface area contributed by atoms with Gasteiger partial charge in [0.05, 0.1) is 5.60 Å². The molecule has 6 heteroatoms. The standard InChI is InChI=1S/C30H32ClNO4/c1-17-10-12-20(13-11-17)25-18(2)23-15-32(28(33)21-8-7-9-22(31)14-21)16-24(23)19(3)26(25)27(29(34)35)36-30(4,5)6/h7-14,27H,15-16H2,1-6H3,(H,34,35)/t27-/m0/s1. The summed E-state index contributed by atoms with van der Waals surface area (Å²) in [5, 5.41) is 10.8. The molecule has 3 aromatic carbocycles. The van der Waals surface area contributed by atoms with Crippen LogP contribution in [-0.2, 0) is 22.6 Å². The number of carbonyl (C=O) groups is 2. The van der Waals surface area contributed by atoms with Crippen LogP contribution in [0.4, 0.5) is 0 Å². The van der Waals surface area contributed by atoms with Gasteiger partial charge in [0.15, 0.2) is 6.10 Å². The number of hydrogen-bond donors (Lipinski definition) is 1. The fraction of sp³-hybridized carbons (Fsp3) is 0.333. The maximum Gasteiger partial charge on any atom is 0.337 e. The molecule has 5 nitrogen and oxygen atoms in total. The number of carboxylic acids is 1. The molecular formula is C30H32ClNO4. The molecule has 188 valence electrons. The zero-order valence-corrected chi connectivity index (χ0v) is 22.4. The number of benzene rings is 3. The Morgan fingerprint density at radius 2 is 1.58 bits per heavy atom. The molecular weight excluding hydrogens is 474 g/mol. The Balaban J connectivity index is 1.89. The van der Waals surface area contributed by atoms with E-state index in [4.69, 9.17) is 16.3 Å². The van der Waals surface area contributed by atoms with E-state index < -0.39 is 17.7 Å². The van der Waals surface area contributed by atoms with E-state index in [1.807, 2.05) is 65.8 Å². The Hall–Kier alpha value is -3.15. The van der Waals surface area contributed by atoms with Crippen molar-refractivity contribution in [3.8, 4) is 11.1 Å². The fourth-order valence-electron chi connectivity index (χ4n) is 4.98. The zero-order valence-electron chi connectivity index (χ0n) is 21.6. The summed E-state index contributed by atoms with van der Waals surface area (Å²) in [5.74, 6) is -1.14. The number of rotatable bonds is 5. The predicted octanol–water partition coefficient (Wildman–Crippen LogP) is 7.03. The molecule has 1 aliphatic rings. The second kappa shape index (κ2) is 9.72. The summed E-state index contributed by atoms with van der Waals surface area (Å²) in [6.45, 7) is 12.4. The van der Waals surface area contributed by atoms with E-state index in [1.54, 1.807) is 29.2 Å². The molecule has 1 amide bonds. The molecule has 0 spiro atoms. The van der Waals surface area contributed by atoms with E-state index in [1.165, 1.54) is 0 Å². The van der Waals surface area contributed by atoms with Crippen LogP contribution in [0.5, 0.6) is 0 Å². The van der Waals surface area contributed by atoms with Gasteiger partial charge in [-0.2, -0.15) is 0 Å². The quantitative estimate of drug-likeness (QED) is 0.404. The summed E-state index contributed by atoms with van der Waals surface area (Å²) in [4.78, 5) is 27.7. The predicted molar refractivity (Wildman–Crippen MR) is 142 cm³/mol. The van der Waals surface area contributed by atoms with Crippen molar-refractivity contribution in [1.29, 1.82) is 0 Å². The van der Waals surface area contributed by atoms with Crippen molar-refractivity contribution in [2.75, 3.05) is 0 Å². The molecule has 0 saturated heterocycles. The number of halogens is 1. The average molecular weight is 506 g/mol. The molecule has 0 saturated carbocycles. The smallest absolute Gasteiger partial charge is 0.337 e. The Morgan fingerprint density at radius 1 is 0.972 bits per heavy atom. The summed E-state index contributed by atoms with van der Waals surface area (Å²) >= 11 is 6.13. The van der Waals surface area contributed by atoms with Crippen molar-refractivity contribution in [2.45, 2.75) is 66.3 Å². The van der Waals surface area contributed by atoms with Crippen molar-refractivity contribution in [1.82, 2.24) is 4.90 Å². The van der Waals surface area contributed by atoms with E-state index in [2.05, 4.69) is 0 Å². The molecule has 1 N–H and O–H groups in total. The lowest BCUT2D eigenvalue weighted by atomic mass is 9.83. The maximum absolute atomic E-state index is 13.3. The molecule has 4 rings (SSSR count). The van der Waals surface area contributed by atoms with Crippen molar-refractivity contribution in [3.05, 3.63) is 92.5 Å². The van der Waals surface area contributed by atoms with Gasteiger partial charge in [-0.3, -0.25) is 4.79 Å². The monoisotopic (exact) mass is 505 g/mol. The average Bonchev–Trinajstić information content (AvgIpc) is 3.26. The number of carbonyl (C=O) groups excluding carboxylic acids is 1. The lowest BCUT2D eigenvalue weighted by molar-refractivity contribution is -0.160. The molecule has 3 aromatic rings. The Morgan fingerprint density at radius 3 is 2.14 bits per heavy atom. The first-order valence-corrected chi connectivity index (χ1v) is 12.4.